The summed E-state index contributed by atoms with van der Waals surface area (Å²) in [5.41, 5.74) is 1.40. The van der Waals surface area contributed by atoms with Crippen molar-refractivity contribution in [1.29, 1.82) is 0 Å². The third-order valence-corrected chi connectivity index (χ3v) is 4.07. The lowest BCUT2D eigenvalue weighted by Gasteiger charge is -2.21. The van der Waals surface area contributed by atoms with Crippen LogP contribution in [0.25, 0.3) is 0 Å². The van der Waals surface area contributed by atoms with Crippen molar-refractivity contribution >= 4 is 5.97 Å². The molecule has 1 aromatic carbocycles. The number of aromatic nitrogens is 2. The van der Waals surface area contributed by atoms with E-state index in [0.29, 0.717) is 34.1 Å². The van der Waals surface area contributed by atoms with E-state index < -0.39 is 11.9 Å². The number of carbonyl (C=O) groups is 1. The number of hydrogen-bond donors (Lipinski definition) is 2. The van der Waals surface area contributed by atoms with Crippen LogP contribution in [0.3, 0.4) is 0 Å². The van der Waals surface area contributed by atoms with Gasteiger partial charge in [-0.2, -0.15) is 0 Å². The molecule has 0 spiro atoms. The Hall–Kier alpha value is -2.90. The number of methoxy groups -OCH3 is 4. The molecule has 2 rings (SSSR count). The molecule has 0 aliphatic rings. The van der Waals surface area contributed by atoms with E-state index in [1.165, 1.54) is 28.4 Å². The van der Waals surface area contributed by atoms with E-state index in [1.54, 1.807) is 19.1 Å². The number of benzene rings is 1. The average Bonchev–Trinajstić information content (AvgIpc) is 2.96. The molecule has 1 unspecified atom stereocenters. The number of rotatable bonds is 7. The Morgan fingerprint density at radius 3 is 2.20 bits per heavy atom. The van der Waals surface area contributed by atoms with Crippen molar-refractivity contribution in [2.24, 2.45) is 0 Å². The van der Waals surface area contributed by atoms with Gasteiger partial charge in [0.1, 0.15) is 0 Å². The zero-order chi connectivity index (χ0) is 18.6. The van der Waals surface area contributed by atoms with Crippen molar-refractivity contribution in [2.75, 3.05) is 28.4 Å². The van der Waals surface area contributed by atoms with E-state index in [9.17, 15) is 9.59 Å². The fraction of sp³-hybridized carbons (Fsp3) is 0.412. The zero-order valence-electron chi connectivity index (χ0n) is 14.9. The molecule has 25 heavy (non-hydrogen) atoms. The van der Waals surface area contributed by atoms with Gasteiger partial charge in [0.25, 0.3) is 5.56 Å². The summed E-state index contributed by atoms with van der Waals surface area (Å²) in [6.07, 6.45) is -0.0237. The van der Waals surface area contributed by atoms with Gasteiger partial charge in [-0.05, 0) is 13.0 Å². The summed E-state index contributed by atoms with van der Waals surface area (Å²) >= 11 is 0. The summed E-state index contributed by atoms with van der Waals surface area (Å²) in [7, 11) is 5.81. The molecular formula is C17H22N2O6. The highest BCUT2D eigenvalue weighted by Gasteiger charge is 2.29. The Bertz CT molecular complexity index is 808. The van der Waals surface area contributed by atoms with Crippen molar-refractivity contribution in [3.05, 3.63) is 39.3 Å². The first-order chi connectivity index (χ1) is 12.0. The Labute approximate surface area is 145 Å². The predicted octanol–water partition coefficient (Wildman–Crippen LogP) is 1.73. The fourth-order valence-electron chi connectivity index (χ4n) is 2.89. The van der Waals surface area contributed by atoms with Gasteiger partial charge in [-0.1, -0.05) is 6.07 Å². The van der Waals surface area contributed by atoms with Crippen LogP contribution in [-0.2, 0) is 9.53 Å². The van der Waals surface area contributed by atoms with Crippen LogP contribution in [0, 0.1) is 6.92 Å². The third kappa shape index (κ3) is 3.47. The summed E-state index contributed by atoms with van der Waals surface area (Å²) in [5, 5.41) is 5.32. The first-order valence-corrected chi connectivity index (χ1v) is 7.61. The summed E-state index contributed by atoms with van der Waals surface area (Å²) in [6.45, 7) is 1.75. The normalized spacial score (nSPS) is 11.7. The molecule has 1 atom stereocenters. The molecule has 136 valence electrons. The van der Waals surface area contributed by atoms with Crippen LogP contribution in [0.2, 0.25) is 0 Å². The summed E-state index contributed by atoms with van der Waals surface area (Å²) in [4.78, 5) is 24.2. The second-order valence-electron chi connectivity index (χ2n) is 5.37. The molecule has 1 heterocycles. The number of hydrogen-bond acceptors (Lipinski definition) is 6. The standard InChI is InChI=1S/C17H22N2O6/c1-9-14(17(21)19-18-9)11(8-13(20)23-3)10-6-7-12(22-2)16(25-5)15(10)24-4/h6-7,11H,8H2,1-5H3,(H2,18,19,21). The first kappa shape index (κ1) is 18.4. The Morgan fingerprint density at radius 2 is 1.72 bits per heavy atom. The monoisotopic (exact) mass is 350 g/mol. The van der Waals surface area contributed by atoms with Gasteiger partial charge in [0, 0.05) is 22.7 Å². The van der Waals surface area contributed by atoms with Crippen LogP contribution in [-0.4, -0.2) is 44.6 Å². The molecule has 0 bridgehead atoms. The molecule has 0 amide bonds. The molecule has 8 heteroatoms. The number of aryl methyl sites for hydroxylation is 1. The zero-order valence-corrected chi connectivity index (χ0v) is 14.9. The number of ether oxygens (including phenoxy) is 4. The summed E-state index contributed by atoms with van der Waals surface area (Å²) in [5.74, 6) is 0.261. The molecule has 0 aliphatic carbocycles. The molecular weight excluding hydrogens is 328 g/mol. The number of aromatic amines is 2. The van der Waals surface area contributed by atoms with Crippen molar-refractivity contribution in [3.63, 3.8) is 0 Å². The molecule has 0 saturated heterocycles. The van der Waals surface area contributed by atoms with Gasteiger partial charge in [-0.25, -0.2) is 0 Å². The quantitative estimate of drug-likeness (QED) is 0.737. The smallest absolute Gasteiger partial charge is 0.306 e. The van der Waals surface area contributed by atoms with Crippen LogP contribution in [0.5, 0.6) is 17.2 Å². The molecule has 0 fully saturated rings. The van der Waals surface area contributed by atoms with E-state index in [0.717, 1.165) is 0 Å². The SMILES string of the molecule is COC(=O)CC(c1ccc(OC)c(OC)c1OC)c1c(C)[nH][nH]c1=O. The van der Waals surface area contributed by atoms with E-state index in [4.69, 9.17) is 18.9 Å². The molecule has 2 N–H and O–H groups in total. The predicted molar refractivity (Wildman–Crippen MR) is 90.7 cm³/mol. The van der Waals surface area contributed by atoms with Gasteiger partial charge >= 0.3 is 5.97 Å². The molecule has 0 saturated carbocycles. The van der Waals surface area contributed by atoms with E-state index >= 15 is 0 Å². The van der Waals surface area contributed by atoms with Gasteiger partial charge in [0.05, 0.1) is 34.9 Å². The van der Waals surface area contributed by atoms with Gasteiger partial charge in [-0.15, -0.1) is 0 Å². The highest BCUT2D eigenvalue weighted by molar-refractivity contribution is 5.72. The van der Waals surface area contributed by atoms with E-state index in [2.05, 4.69) is 10.2 Å². The largest absolute Gasteiger partial charge is 0.493 e. The second-order valence-corrected chi connectivity index (χ2v) is 5.37. The van der Waals surface area contributed by atoms with E-state index in [-0.39, 0.29) is 12.0 Å². The highest BCUT2D eigenvalue weighted by atomic mass is 16.5. The molecule has 8 nitrogen and oxygen atoms in total. The minimum atomic E-state index is -0.572. The van der Waals surface area contributed by atoms with Crippen LogP contribution in [0.15, 0.2) is 16.9 Å². The Kier molecular flexibility index (Phi) is 5.74. The maximum atomic E-state index is 12.3. The molecule has 0 aliphatic heterocycles. The Morgan fingerprint density at radius 1 is 1.04 bits per heavy atom. The fourth-order valence-corrected chi connectivity index (χ4v) is 2.89. The topological polar surface area (TPSA) is 103 Å². The molecule has 1 aromatic heterocycles. The maximum Gasteiger partial charge on any atom is 0.306 e. The Balaban J connectivity index is 2.70. The minimum absolute atomic E-state index is 0.0237. The lowest BCUT2D eigenvalue weighted by molar-refractivity contribution is -0.140. The number of H-pyrrole nitrogens is 2. The maximum absolute atomic E-state index is 12.3. The lowest BCUT2D eigenvalue weighted by atomic mass is 9.87. The van der Waals surface area contributed by atoms with Crippen LogP contribution >= 0.6 is 0 Å². The number of carbonyl (C=O) groups excluding carboxylic acids is 1. The number of esters is 1. The van der Waals surface area contributed by atoms with Crippen molar-refractivity contribution in [3.8, 4) is 17.2 Å². The second kappa shape index (κ2) is 7.78. The van der Waals surface area contributed by atoms with Gasteiger partial charge in [0.15, 0.2) is 11.5 Å². The van der Waals surface area contributed by atoms with Crippen molar-refractivity contribution in [2.45, 2.75) is 19.3 Å². The van der Waals surface area contributed by atoms with Crippen molar-refractivity contribution < 1.29 is 23.7 Å². The van der Waals surface area contributed by atoms with Crippen LogP contribution in [0.1, 0.15) is 29.2 Å². The molecule has 2 aromatic rings. The highest BCUT2D eigenvalue weighted by Crippen LogP contribution is 2.45. The van der Waals surface area contributed by atoms with E-state index in [1.807, 2.05) is 0 Å². The van der Waals surface area contributed by atoms with Crippen LogP contribution in [0.4, 0.5) is 0 Å². The minimum Gasteiger partial charge on any atom is -0.493 e. The lowest BCUT2D eigenvalue weighted by Crippen LogP contribution is -2.18. The van der Waals surface area contributed by atoms with Gasteiger partial charge < -0.3 is 24.0 Å². The third-order valence-electron chi connectivity index (χ3n) is 4.07. The van der Waals surface area contributed by atoms with Gasteiger partial charge in [-0.3, -0.25) is 14.7 Å². The first-order valence-electron chi connectivity index (χ1n) is 7.61. The molecule has 0 radical (unpaired) electrons. The van der Waals surface area contributed by atoms with Crippen LogP contribution < -0.4 is 19.8 Å². The van der Waals surface area contributed by atoms with Gasteiger partial charge in [0.2, 0.25) is 5.75 Å². The average molecular weight is 350 g/mol. The summed E-state index contributed by atoms with van der Waals surface area (Å²) < 4.78 is 21.0. The summed E-state index contributed by atoms with van der Waals surface area (Å²) in [6, 6.07) is 3.46. The van der Waals surface area contributed by atoms with Crippen molar-refractivity contribution in [1.82, 2.24) is 10.2 Å². The number of nitrogens with one attached hydrogen (secondary N) is 2.